The Morgan fingerprint density at radius 1 is 1.12 bits per heavy atom. The monoisotopic (exact) mass is 470 g/mol. The molecule has 1 aliphatic carbocycles. The van der Waals surface area contributed by atoms with Gasteiger partial charge in [-0.05, 0) is 54.4 Å². The Morgan fingerprint density at radius 3 is 2.68 bits per heavy atom. The lowest BCUT2D eigenvalue weighted by Gasteiger charge is -2.56. The van der Waals surface area contributed by atoms with E-state index in [4.69, 9.17) is 9.47 Å². The second-order valence-electron chi connectivity index (χ2n) is 11.0. The highest BCUT2D eigenvalue weighted by molar-refractivity contribution is 5.86. The molecule has 3 saturated heterocycles. The topological polar surface area (TPSA) is 98.2 Å². The summed E-state index contributed by atoms with van der Waals surface area (Å²) in [6.07, 6.45) is 2.35. The zero-order valence-electron chi connectivity index (χ0n) is 20.2. The number of hydrogen-bond donors (Lipinski definition) is 4. The van der Waals surface area contributed by atoms with E-state index < -0.39 is 12.4 Å². The van der Waals surface area contributed by atoms with E-state index in [1.807, 2.05) is 6.07 Å². The van der Waals surface area contributed by atoms with Crippen LogP contribution in [0.3, 0.4) is 0 Å². The molecule has 1 aromatic heterocycles. The molecule has 34 heavy (non-hydrogen) atoms. The molecule has 4 bridgehead atoms. The van der Waals surface area contributed by atoms with E-state index in [2.05, 4.69) is 35.9 Å². The van der Waals surface area contributed by atoms with Crippen LogP contribution in [-0.2, 0) is 11.2 Å². The molecule has 4 fully saturated rings. The van der Waals surface area contributed by atoms with E-state index in [9.17, 15) is 15.3 Å². The zero-order chi connectivity index (χ0) is 23.6. The van der Waals surface area contributed by atoms with E-state index in [1.54, 1.807) is 0 Å². The van der Waals surface area contributed by atoms with Gasteiger partial charge in [0.25, 0.3) is 0 Å². The third kappa shape index (κ3) is 3.35. The van der Waals surface area contributed by atoms with Gasteiger partial charge in [-0.25, -0.2) is 0 Å². The standard InChI is InChI=1S/C27H38N2O5/c1-3-17-14(2)15-8-20-25-18(6-7-29(10-15)26(17)20)19-9-16(4-5-23(19)28-25)33-27-22(12-31)21(11-30)24(13-32)34-27/h4-5,9,14-15,17,20-22,24,26-28,30-32H,3,6-8,10-13H2,1-2H3. The largest absolute Gasteiger partial charge is 0.465 e. The number of piperidine rings is 2. The summed E-state index contributed by atoms with van der Waals surface area (Å²) >= 11 is 0. The zero-order valence-corrected chi connectivity index (χ0v) is 20.2. The van der Waals surface area contributed by atoms with Crippen molar-refractivity contribution in [1.82, 2.24) is 9.88 Å². The summed E-state index contributed by atoms with van der Waals surface area (Å²) in [5, 5.41) is 30.5. The molecule has 4 aliphatic heterocycles. The summed E-state index contributed by atoms with van der Waals surface area (Å²) < 4.78 is 12.1. The van der Waals surface area contributed by atoms with Crippen LogP contribution in [0.4, 0.5) is 0 Å². The van der Waals surface area contributed by atoms with Crippen LogP contribution in [-0.4, -0.2) is 76.5 Å². The van der Waals surface area contributed by atoms with Crippen LogP contribution in [0.25, 0.3) is 10.9 Å². The number of ether oxygens (including phenoxy) is 2. The minimum atomic E-state index is -0.692. The molecule has 1 aromatic carbocycles. The van der Waals surface area contributed by atoms with Crippen LogP contribution in [0.2, 0.25) is 0 Å². The van der Waals surface area contributed by atoms with Gasteiger partial charge in [0.15, 0.2) is 0 Å². The molecule has 7 heteroatoms. The van der Waals surface area contributed by atoms with Gasteiger partial charge < -0.3 is 29.8 Å². The number of aromatic amines is 1. The summed E-state index contributed by atoms with van der Waals surface area (Å²) in [6, 6.07) is 6.78. The molecule has 7 nitrogen and oxygen atoms in total. The van der Waals surface area contributed by atoms with Gasteiger partial charge in [0, 0.05) is 54.2 Å². The highest BCUT2D eigenvalue weighted by atomic mass is 16.7. The lowest BCUT2D eigenvalue weighted by atomic mass is 9.60. The van der Waals surface area contributed by atoms with Gasteiger partial charge in [0.1, 0.15) is 5.75 Å². The number of hydrogen-bond acceptors (Lipinski definition) is 6. The molecular weight excluding hydrogens is 432 g/mol. The number of fused-ring (bicyclic) bond motifs is 4. The molecule has 5 aliphatic rings. The number of aliphatic hydroxyl groups excluding tert-OH is 3. The Labute approximate surface area is 201 Å². The van der Waals surface area contributed by atoms with Crippen LogP contribution < -0.4 is 4.74 Å². The predicted octanol–water partition coefficient (Wildman–Crippen LogP) is 2.49. The number of nitrogens with one attached hydrogen (secondary N) is 1. The van der Waals surface area contributed by atoms with Gasteiger partial charge in [-0.2, -0.15) is 0 Å². The van der Waals surface area contributed by atoms with Crippen molar-refractivity contribution in [3.8, 4) is 5.75 Å². The van der Waals surface area contributed by atoms with Crippen LogP contribution in [0.5, 0.6) is 5.75 Å². The minimum Gasteiger partial charge on any atom is -0.465 e. The molecule has 5 heterocycles. The van der Waals surface area contributed by atoms with E-state index in [-0.39, 0.29) is 31.7 Å². The number of H-pyrrole nitrogens is 1. The Hall–Kier alpha value is -1.64. The summed E-state index contributed by atoms with van der Waals surface area (Å²) in [7, 11) is 0. The van der Waals surface area contributed by atoms with Crippen molar-refractivity contribution in [2.75, 3.05) is 32.9 Å². The normalized spacial score (nSPS) is 41.0. The van der Waals surface area contributed by atoms with Crippen LogP contribution in [0, 0.1) is 29.6 Å². The fourth-order valence-corrected chi connectivity index (χ4v) is 7.89. The molecule has 10 atom stereocenters. The van der Waals surface area contributed by atoms with Gasteiger partial charge in [-0.15, -0.1) is 0 Å². The van der Waals surface area contributed by atoms with Gasteiger partial charge in [0.05, 0.1) is 25.2 Å². The smallest absolute Gasteiger partial charge is 0.205 e. The number of aliphatic hydroxyl groups is 3. The molecule has 1 saturated carbocycles. The van der Waals surface area contributed by atoms with Crippen LogP contribution in [0.1, 0.15) is 43.9 Å². The Morgan fingerprint density at radius 2 is 1.94 bits per heavy atom. The first kappa shape index (κ1) is 22.8. The summed E-state index contributed by atoms with van der Waals surface area (Å²) in [5.41, 5.74) is 4.01. The Bertz CT molecular complexity index is 1040. The molecule has 0 radical (unpaired) electrons. The first-order valence-electron chi connectivity index (χ1n) is 13.1. The van der Waals surface area contributed by atoms with Crippen molar-refractivity contribution in [1.29, 1.82) is 0 Å². The highest BCUT2D eigenvalue weighted by Gasteiger charge is 2.52. The van der Waals surface area contributed by atoms with Crippen molar-refractivity contribution in [2.24, 2.45) is 29.6 Å². The number of benzene rings is 1. The number of nitrogens with zero attached hydrogens (tertiary/aromatic N) is 1. The molecule has 4 N–H and O–H groups in total. The van der Waals surface area contributed by atoms with E-state index >= 15 is 0 Å². The Balaban J connectivity index is 1.32. The van der Waals surface area contributed by atoms with Gasteiger partial charge >= 0.3 is 0 Å². The van der Waals surface area contributed by atoms with Crippen molar-refractivity contribution in [3.05, 3.63) is 29.5 Å². The van der Waals surface area contributed by atoms with Crippen LogP contribution >= 0.6 is 0 Å². The molecular formula is C27H38N2O5. The fourth-order valence-electron chi connectivity index (χ4n) is 7.89. The van der Waals surface area contributed by atoms with Gasteiger partial charge in [-0.3, -0.25) is 4.90 Å². The lowest BCUT2D eigenvalue weighted by molar-refractivity contribution is -0.105. The maximum atomic E-state index is 9.89. The van der Waals surface area contributed by atoms with Crippen molar-refractivity contribution >= 4 is 10.9 Å². The number of aromatic nitrogens is 1. The van der Waals surface area contributed by atoms with E-state index in [0.717, 1.165) is 36.2 Å². The maximum Gasteiger partial charge on any atom is 0.205 e. The van der Waals surface area contributed by atoms with Gasteiger partial charge in [0.2, 0.25) is 6.29 Å². The Kier molecular flexibility index (Phi) is 5.89. The SMILES string of the molecule is CCC1C(C)C2CC3c4[nH]c5ccc(OC6OC(CO)C(CO)C6CO)cc5c4CCN(C2)C31. The molecule has 10 unspecified atom stereocenters. The van der Waals surface area contributed by atoms with E-state index in [0.29, 0.717) is 17.7 Å². The average molecular weight is 471 g/mol. The summed E-state index contributed by atoms with van der Waals surface area (Å²) in [5.74, 6) is 2.91. The fraction of sp³-hybridized carbons (Fsp3) is 0.704. The van der Waals surface area contributed by atoms with Gasteiger partial charge in [-0.1, -0.05) is 20.3 Å². The second kappa shape index (κ2) is 8.79. The molecule has 186 valence electrons. The lowest BCUT2D eigenvalue weighted by Crippen LogP contribution is -2.59. The summed E-state index contributed by atoms with van der Waals surface area (Å²) in [4.78, 5) is 6.58. The molecule has 0 amide bonds. The molecule has 0 spiro atoms. The minimum absolute atomic E-state index is 0.155. The quantitative estimate of drug-likeness (QED) is 0.518. The van der Waals surface area contributed by atoms with E-state index in [1.165, 1.54) is 36.0 Å². The second-order valence-corrected chi connectivity index (χ2v) is 11.0. The average Bonchev–Trinajstić information content (AvgIpc) is 3.37. The van der Waals surface area contributed by atoms with Crippen molar-refractivity contribution in [3.63, 3.8) is 0 Å². The third-order valence-corrected chi connectivity index (χ3v) is 9.66. The third-order valence-electron chi connectivity index (χ3n) is 9.66. The van der Waals surface area contributed by atoms with Crippen molar-refractivity contribution < 1.29 is 24.8 Å². The first-order chi connectivity index (χ1) is 16.6. The molecule has 7 rings (SSSR count). The van der Waals surface area contributed by atoms with Crippen molar-refractivity contribution in [2.45, 2.75) is 57.5 Å². The predicted molar refractivity (Wildman–Crippen MR) is 129 cm³/mol. The van der Waals surface area contributed by atoms with Crippen LogP contribution in [0.15, 0.2) is 18.2 Å². The maximum absolute atomic E-state index is 9.89. The molecule has 2 aromatic rings. The number of rotatable bonds is 6. The highest BCUT2D eigenvalue weighted by Crippen LogP contribution is 2.53. The summed E-state index contributed by atoms with van der Waals surface area (Å²) in [6.45, 7) is 6.67. The first-order valence-corrected chi connectivity index (χ1v) is 13.1.